The minimum atomic E-state index is -3.04. The van der Waals surface area contributed by atoms with Crippen LogP contribution in [0, 0.1) is 0 Å². The van der Waals surface area contributed by atoms with Gasteiger partial charge in [-0.15, -0.1) is 0 Å². The van der Waals surface area contributed by atoms with Crippen molar-refractivity contribution in [3.8, 4) is 11.1 Å². The van der Waals surface area contributed by atoms with Gasteiger partial charge < -0.3 is 10.1 Å². The summed E-state index contributed by atoms with van der Waals surface area (Å²) in [4.78, 5) is 29.6. The van der Waals surface area contributed by atoms with Crippen molar-refractivity contribution in [2.75, 3.05) is 11.6 Å². The Kier molecular flexibility index (Phi) is 6.24. The van der Waals surface area contributed by atoms with E-state index in [0.717, 1.165) is 5.56 Å². The zero-order valence-corrected chi connectivity index (χ0v) is 20.1. The highest BCUT2D eigenvalue weighted by atomic mass is 32.2. The van der Waals surface area contributed by atoms with Crippen LogP contribution in [-0.2, 0) is 28.5 Å². The number of ether oxygens (including phenoxy) is 1. The van der Waals surface area contributed by atoms with Gasteiger partial charge in [-0.3, -0.25) is 14.2 Å². The Bertz CT molecular complexity index is 1320. The maximum absolute atomic E-state index is 14.8. The maximum atomic E-state index is 14.8. The van der Waals surface area contributed by atoms with Crippen LogP contribution in [0.5, 0.6) is 0 Å². The quantitative estimate of drug-likeness (QED) is 0.300. The van der Waals surface area contributed by atoms with Gasteiger partial charge in [0.1, 0.15) is 17.8 Å². The van der Waals surface area contributed by atoms with Crippen LogP contribution in [0.2, 0.25) is 0 Å². The summed E-state index contributed by atoms with van der Waals surface area (Å²) in [5.41, 5.74) is 0.814. The Morgan fingerprint density at radius 3 is 2.56 bits per heavy atom. The van der Waals surface area contributed by atoms with Crippen molar-refractivity contribution in [3.63, 3.8) is 0 Å². The molecule has 1 aliphatic rings. The van der Waals surface area contributed by atoms with E-state index in [9.17, 15) is 18.4 Å². The van der Waals surface area contributed by atoms with Crippen molar-refractivity contribution in [2.45, 2.75) is 50.5 Å². The number of alkyl halides is 2. The average molecular weight is 486 g/mol. The number of aromatic nitrogens is 2. The van der Waals surface area contributed by atoms with Gasteiger partial charge in [0.25, 0.3) is 11.5 Å². The van der Waals surface area contributed by atoms with Gasteiger partial charge in [-0.1, -0.05) is 48.2 Å². The van der Waals surface area contributed by atoms with E-state index >= 15 is 0 Å². The number of fused-ring (bicyclic) bond motifs is 3. The molecule has 0 bridgehead atoms. The largest absolute Gasteiger partial charge is 0.459 e. The van der Waals surface area contributed by atoms with Crippen LogP contribution in [0.4, 0.5) is 14.5 Å². The summed E-state index contributed by atoms with van der Waals surface area (Å²) in [5, 5.41) is 3.42. The third kappa shape index (κ3) is 4.57. The number of hydrogen-bond acceptors (Lipinski definition) is 6. The molecule has 0 aliphatic heterocycles. The van der Waals surface area contributed by atoms with Gasteiger partial charge in [-0.25, -0.2) is 4.98 Å². The molecule has 1 N–H and O–H groups in total. The summed E-state index contributed by atoms with van der Waals surface area (Å²) in [7, 11) is 0. The van der Waals surface area contributed by atoms with E-state index in [1.54, 1.807) is 57.4 Å². The molecule has 6 nitrogen and oxygen atoms in total. The average Bonchev–Trinajstić information content (AvgIpc) is 3.00. The number of thioether (sulfide) groups is 1. The van der Waals surface area contributed by atoms with Crippen LogP contribution in [0.1, 0.15) is 37.5 Å². The van der Waals surface area contributed by atoms with Crippen LogP contribution < -0.4 is 10.9 Å². The van der Waals surface area contributed by atoms with E-state index in [1.165, 1.54) is 34.7 Å². The molecule has 0 saturated heterocycles. The zero-order valence-electron chi connectivity index (χ0n) is 19.3. The molecule has 1 heterocycles. The number of anilines is 1. The molecule has 1 aliphatic carbocycles. The number of hydrogen-bond donors (Lipinski definition) is 1. The summed E-state index contributed by atoms with van der Waals surface area (Å²) >= 11 is 1.24. The van der Waals surface area contributed by atoms with Gasteiger partial charge >= 0.3 is 5.97 Å². The lowest BCUT2D eigenvalue weighted by molar-refractivity contribution is -0.155. The number of rotatable bonds is 6. The number of nitrogens with one attached hydrogen (secondary N) is 1. The highest BCUT2D eigenvalue weighted by Crippen LogP contribution is 2.50. The summed E-state index contributed by atoms with van der Waals surface area (Å²) < 4.78 is 36.2. The monoisotopic (exact) mass is 485 g/mol. The third-order valence-corrected chi connectivity index (χ3v) is 6.05. The van der Waals surface area contributed by atoms with Gasteiger partial charge in [-0.05, 0) is 49.8 Å². The zero-order chi connectivity index (χ0) is 24.7. The Morgan fingerprint density at radius 2 is 1.85 bits per heavy atom. The van der Waals surface area contributed by atoms with Crippen molar-refractivity contribution in [1.82, 2.24) is 9.55 Å². The van der Waals surface area contributed by atoms with E-state index in [4.69, 9.17) is 4.74 Å². The minimum Gasteiger partial charge on any atom is -0.459 e. The minimum absolute atomic E-state index is 0.00278. The molecule has 9 heteroatoms. The Balaban J connectivity index is 1.58. The molecule has 3 aromatic rings. The number of esters is 1. The van der Waals surface area contributed by atoms with Crippen molar-refractivity contribution in [2.24, 2.45) is 0 Å². The molecule has 0 spiro atoms. The van der Waals surface area contributed by atoms with Crippen molar-refractivity contribution in [1.29, 1.82) is 0 Å². The second-order valence-corrected chi connectivity index (χ2v) is 9.76. The van der Waals surface area contributed by atoms with Crippen molar-refractivity contribution >= 4 is 23.4 Å². The molecule has 1 aromatic heterocycles. The van der Waals surface area contributed by atoms with Crippen LogP contribution in [0.25, 0.3) is 11.1 Å². The van der Waals surface area contributed by atoms with E-state index in [1.807, 2.05) is 0 Å². The van der Waals surface area contributed by atoms with Gasteiger partial charge in [0.05, 0.1) is 6.20 Å². The molecule has 178 valence electrons. The van der Waals surface area contributed by atoms with Crippen molar-refractivity contribution in [3.05, 3.63) is 75.7 Å². The fourth-order valence-electron chi connectivity index (χ4n) is 3.94. The Morgan fingerprint density at radius 1 is 1.15 bits per heavy atom. The number of carbonyl (C=O) groups excluding carboxylic acids is 1. The van der Waals surface area contributed by atoms with Gasteiger partial charge in [0, 0.05) is 17.7 Å². The summed E-state index contributed by atoms with van der Waals surface area (Å²) in [6.07, 6.45) is 3.18. The maximum Gasteiger partial charge on any atom is 0.326 e. The first kappa shape index (κ1) is 23.9. The first-order valence-corrected chi connectivity index (χ1v) is 11.9. The molecule has 0 amide bonds. The van der Waals surface area contributed by atoms with Crippen LogP contribution >= 0.6 is 11.8 Å². The van der Waals surface area contributed by atoms with Crippen LogP contribution in [0.3, 0.4) is 0 Å². The molecular weight excluding hydrogens is 460 g/mol. The lowest BCUT2D eigenvalue weighted by atomic mass is 10.0. The second-order valence-electron chi connectivity index (χ2n) is 8.99. The Hall–Kier alpha value is -3.20. The number of halogens is 2. The van der Waals surface area contributed by atoms with Gasteiger partial charge in [0.15, 0.2) is 5.16 Å². The van der Waals surface area contributed by atoms with E-state index in [-0.39, 0.29) is 29.9 Å². The molecule has 0 unspecified atom stereocenters. The molecular formula is C25H25F2N3O3S. The third-order valence-electron chi connectivity index (χ3n) is 5.36. The van der Waals surface area contributed by atoms with Gasteiger partial charge in [0.2, 0.25) is 0 Å². The lowest BCUT2D eigenvalue weighted by Gasteiger charge is -2.20. The predicted octanol–water partition coefficient (Wildman–Crippen LogP) is 5.04. The smallest absolute Gasteiger partial charge is 0.326 e. The molecule has 0 radical (unpaired) electrons. The van der Waals surface area contributed by atoms with E-state index in [0.29, 0.717) is 16.3 Å². The highest BCUT2D eigenvalue weighted by Gasteiger charge is 2.43. The number of nitrogens with zero attached hydrogens (tertiary/aromatic N) is 2. The lowest BCUT2D eigenvalue weighted by Crippen LogP contribution is -2.32. The fraction of sp³-hybridized carbons (Fsp3) is 0.320. The van der Waals surface area contributed by atoms with Gasteiger partial charge in [-0.2, -0.15) is 8.78 Å². The normalized spacial score (nSPS) is 13.8. The molecule has 0 saturated carbocycles. The standard InChI is InChI=1S/C25H25F2N3O3S/c1-24(2,3)33-21(31)14-30-22(32)20(13-29-23(30)34-4)28-12-15-9-10-19-17(11-15)16-7-5-6-8-18(16)25(19,26)27/h5-11,13,28H,12,14H2,1-4H3. The SMILES string of the molecule is CSc1ncc(NCc2ccc3c(c2)-c2ccccc2C3(F)F)c(=O)n1CC(=O)OC(C)(C)C. The molecule has 34 heavy (non-hydrogen) atoms. The van der Waals surface area contributed by atoms with E-state index < -0.39 is 23.1 Å². The molecule has 4 rings (SSSR count). The van der Waals surface area contributed by atoms with Crippen molar-refractivity contribution < 1.29 is 18.3 Å². The highest BCUT2D eigenvalue weighted by molar-refractivity contribution is 7.98. The first-order valence-electron chi connectivity index (χ1n) is 10.7. The fourth-order valence-corrected chi connectivity index (χ4v) is 4.46. The summed E-state index contributed by atoms with van der Waals surface area (Å²) in [6.45, 7) is 5.22. The second kappa shape index (κ2) is 8.87. The molecule has 2 aromatic carbocycles. The first-order chi connectivity index (χ1) is 16.0. The summed E-state index contributed by atoms with van der Waals surface area (Å²) in [6, 6.07) is 11.2. The number of carbonyl (C=O) groups is 1. The van der Waals surface area contributed by atoms with Crippen LogP contribution in [0.15, 0.2) is 58.6 Å². The van der Waals surface area contributed by atoms with Crippen LogP contribution in [-0.4, -0.2) is 27.4 Å². The Labute approximate surface area is 200 Å². The summed E-state index contributed by atoms with van der Waals surface area (Å²) in [5.74, 6) is -3.58. The molecule has 0 atom stereocenters. The molecule has 0 fully saturated rings. The number of benzene rings is 2. The topological polar surface area (TPSA) is 73.2 Å². The predicted molar refractivity (Wildman–Crippen MR) is 128 cm³/mol. The van der Waals surface area contributed by atoms with E-state index in [2.05, 4.69) is 10.3 Å².